The quantitative estimate of drug-likeness (QED) is 0.748. The molecule has 1 N–H and O–H groups in total. The van der Waals surface area contributed by atoms with E-state index in [1.165, 1.54) is 0 Å². The highest BCUT2D eigenvalue weighted by Gasteiger charge is 2.13. The summed E-state index contributed by atoms with van der Waals surface area (Å²) in [6.07, 6.45) is 0. The molecule has 0 unspecified atom stereocenters. The fourth-order valence-corrected chi connectivity index (χ4v) is 2.69. The van der Waals surface area contributed by atoms with Crippen LogP contribution in [0.5, 0.6) is 0 Å². The normalized spacial score (nSPS) is 11.0. The fourth-order valence-electron chi connectivity index (χ4n) is 2.09. The number of carbonyl (C=O) groups excluding carboxylic acids is 1. The van der Waals surface area contributed by atoms with Crippen molar-refractivity contribution in [3.63, 3.8) is 0 Å². The number of hydrogen-bond donors (Lipinski definition) is 1. The molecule has 0 aliphatic carbocycles. The lowest BCUT2D eigenvalue weighted by molar-refractivity contribution is 0.0468. The zero-order valence-electron chi connectivity index (χ0n) is 11.4. The number of aromatic nitrogens is 3. The van der Waals surface area contributed by atoms with Crippen LogP contribution in [0.4, 0.5) is 0 Å². The van der Waals surface area contributed by atoms with Crippen LogP contribution in [-0.2, 0) is 11.3 Å². The van der Waals surface area contributed by atoms with Gasteiger partial charge in [-0.2, -0.15) is 0 Å². The summed E-state index contributed by atoms with van der Waals surface area (Å²) in [5.41, 5.74) is 4.21. The summed E-state index contributed by atoms with van der Waals surface area (Å²) >= 11 is 6.94. The van der Waals surface area contributed by atoms with Crippen molar-refractivity contribution in [1.82, 2.24) is 14.6 Å². The SMILES string of the molecule is Cc1[nH]c2ccc(C(=O)OCc3nnsc3Cl)cc2c1C. The first-order valence-electron chi connectivity index (χ1n) is 6.29. The van der Waals surface area contributed by atoms with E-state index >= 15 is 0 Å². The van der Waals surface area contributed by atoms with Gasteiger partial charge < -0.3 is 9.72 Å². The van der Waals surface area contributed by atoms with Gasteiger partial charge in [0.2, 0.25) is 0 Å². The molecule has 0 saturated carbocycles. The Bertz CT molecular complexity index is 825. The van der Waals surface area contributed by atoms with E-state index in [0.29, 0.717) is 15.6 Å². The number of ether oxygens (including phenoxy) is 1. The molecule has 0 spiro atoms. The number of benzene rings is 1. The van der Waals surface area contributed by atoms with Crippen LogP contribution < -0.4 is 0 Å². The van der Waals surface area contributed by atoms with Gasteiger partial charge in [-0.25, -0.2) is 4.79 Å². The molecule has 1 aromatic carbocycles. The van der Waals surface area contributed by atoms with Crippen molar-refractivity contribution in [2.45, 2.75) is 20.5 Å². The molecule has 2 aromatic heterocycles. The lowest BCUT2D eigenvalue weighted by atomic mass is 10.1. The molecular weight excluding hydrogens is 310 g/mol. The van der Waals surface area contributed by atoms with E-state index < -0.39 is 5.97 Å². The monoisotopic (exact) mass is 321 g/mol. The zero-order chi connectivity index (χ0) is 15.0. The second kappa shape index (κ2) is 5.46. The number of rotatable bonds is 3. The molecule has 3 aromatic rings. The molecule has 3 rings (SSSR count). The first-order chi connectivity index (χ1) is 10.1. The predicted molar refractivity (Wildman–Crippen MR) is 81.8 cm³/mol. The van der Waals surface area contributed by atoms with Gasteiger partial charge in [0.25, 0.3) is 0 Å². The highest BCUT2D eigenvalue weighted by molar-refractivity contribution is 7.10. The van der Waals surface area contributed by atoms with Crippen LogP contribution in [0.15, 0.2) is 18.2 Å². The predicted octanol–water partition coefficient (Wildman–Crippen LogP) is 3.65. The Kier molecular flexibility index (Phi) is 3.65. The molecule has 0 radical (unpaired) electrons. The second-order valence-corrected chi connectivity index (χ2v) is 6.06. The maximum atomic E-state index is 12.1. The summed E-state index contributed by atoms with van der Waals surface area (Å²) in [7, 11) is 0. The number of nitrogens with zero attached hydrogens (tertiary/aromatic N) is 2. The number of esters is 1. The summed E-state index contributed by atoms with van der Waals surface area (Å²) in [6, 6.07) is 5.45. The van der Waals surface area contributed by atoms with Gasteiger partial charge in [-0.15, -0.1) is 5.10 Å². The highest BCUT2D eigenvalue weighted by atomic mass is 35.5. The molecule has 0 atom stereocenters. The number of nitrogens with one attached hydrogen (secondary N) is 1. The molecule has 108 valence electrons. The molecule has 0 saturated heterocycles. The molecule has 0 bridgehead atoms. The lowest BCUT2D eigenvalue weighted by Crippen LogP contribution is -2.05. The Hall–Kier alpha value is -1.92. The standard InChI is InChI=1S/C14H12ClN3O2S/c1-7-8(2)16-11-4-3-9(5-10(7)11)14(19)20-6-12-13(15)21-18-17-12/h3-5,16H,6H2,1-2H3. The molecular formula is C14H12ClN3O2S. The third-order valence-corrected chi connectivity index (χ3v) is 4.38. The van der Waals surface area contributed by atoms with Gasteiger partial charge in [0.05, 0.1) is 5.56 Å². The Morgan fingerprint density at radius 1 is 1.43 bits per heavy atom. The first kappa shape index (κ1) is 14.0. The second-order valence-electron chi connectivity index (χ2n) is 4.70. The number of carbonyl (C=O) groups is 1. The van der Waals surface area contributed by atoms with Crippen molar-refractivity contribution in [1.29, 1.82) is 0 Å². The van der Waals surface area contributed by atoms with Gasteiger partial charge in [0.1, 0.15) is 16.6 Å². The molecule has 21 heavy (non-hydrogen) atoms. The smallest absolute Gasteiger partial charge is 0.338 e. The van der Waals surface area contributed by atoms with Gasteiger partial charge in [0.15, 0.2) is 0 Å². The average Bonchev–Trinajstić information content (AvgIpc) is 3.01. The van der Waals surface area contributed by atoms with Crippen LogP contribution in [0.25, 0.3) is 10.9 Å². The Labute approximate surface area is 130 Å². The highest BCUT2D eigenvalue weighted by Crippen LogP contribution is 2.23. The minimum absolute atomic E-state index is 0.0251. The number of aromatic amines is 1. The van der Waals surface area contributed by atoms with Crippen LogP contribution in [0, 0.1) is 13.8 Å². The molecule has 0 aliphatic rings. The van der Waals surface area contributed by atoms with E-state index in [1.54, 1.807) is 6.07 Å². The van der Waals surface area contributed by atoms with Crippen molar-refractivity contribution in [3.05, 3.63) is 45.1 Å². The van der Waals surface area contributed by atoms with E-state index in [2.05, 4.69) is 14.6 Å². The summed E-state index contributed by atoms with van der Waals surface area (Å²) in [4.78, 5) is 15.4. The van der Waals surface area contributed by atoms with Crippen LogP contribution in [0.3, 0.4) is 0 Å². The third kappa shape index (κ3) is 2.64. The minimum atomic E-state index is -0.404. The van der Waals surface area contributed by atoms with Crippen molar-refractivity contribution in [2.75, 3.05) is 0 Å². The van der Waals surface area contributed by atoms with E-state index in [1.807, 2.05) is 26.0 Å². The zero-order valence-corrected chi connectivity index (χ0v) is 13.0. The minimum Gasteiger partial charge on any atom is -0.455 e. The molecule has 0 aliphatic heterocycles. The third-order valence-electron chi connectivity index (χ3n) is 3.39. The largest absolute Gasteiger partial charge is 0.455 e. The molecule has 0 amide bonds. The summed E-state index contributed by atoms with van der Waals surface area (Å²) in [6.45, 7) is 4.05. The molecule has 5 nitrogen and oxygen atoms in total. The Balaban J connectivity index is 1.81. The molecule has 0 fully saturated rings. The maximum absolute atomic E-state index is 12.1. The van der Waals surface area contributed by atoms with Gasteiger partial charge >= 0.3 is 5.97 Å². The summed E-state index contributed by atoms with van der Waals surface area (Å²) in [5.74, 6) is -0.404. The Morgan fingerprint density at radius 3 is 2.95 bits per heavy atom. The number of halogens is 1. The van der Waals surface area contributed by atoms with E-state index in [-0.39, 0.29) is 6.61 Å². The number of H-pyrrole nitrogens is 1. The maximum Gasteiger partial charge on any atom is 0.338 e. The van der Waals surface area contributed by atoms with Gasteiger partial charge in [-0.3, -0.25) is 0 Å². The van der Waals surface area contributed by atoms with Gasteiger partial charge in [-0.05, 0) is 37.6 Å². The number of aryl methyl sites for hydroxylation is 2. The van der Waals surface area contributed by atoms with Gasteiger partial charge in [-0.1, -0.05) is 16.1 Å². The fraction of sp³-hybridized carbons (Fsp3) is 0.214. The Morgan fingerprint density at radius 2 is 2.24 bits per heavy atom. The molecule has 7 heteroatoms. The summed E-state index contributed by atoms with van der Waals surface area (Å²) in [5, 5.41) is 4.83. The van der Waals surface area contributed by atoms with Crippen molar-refractivity contribution < 1.29 is 9.53 Å². The lowest BCUT2D eigenvalue weighted by Gasteiger charge is -2.03. The average molecular weight is 322 g/mol. The molecule has 2 heterocycles. The first-order valence-corrected chi connectivity index (χ1v) is 7.44. The van der Waals surface area contributed by atoms with Crippen LogP contribution in [0.1, 0.15) is 27.3 Å². The van der Waals surface area contributed by atoms with Crippen LogP contribution >= 0.6 is 23.1 Å². The summed E-state index contributed by atoms with van der Waals surface area (Å²) < 4.78 is 9.35. The van der Waals surface area contributed by atoms with Crippen LogP contribution in [0.2, 0.25) is 4.34 Å². The number of hydrogen-bond acceptors (Lipinski definition) is 5. The number of fused-ring (bicyclic) bond motifs is 1. The van der Waals surface area contributed by atoms with Crippen molar-refractivity contribution in [3.8, 4) is 0 Å². The van der Waals surface area contributed by atoms with E-state index in [9.17, 15) is 4.79 Å². The van der Waals surface area contributed by atoms with Gasteiger partial charge in [0, 0.05) is 28.1 Å². The van der Waals surface area contributed by atoms with Crippen molar-refractivity contribution in [2.24, 2.45) is 0 Å². The van der Waals surface area contributed by atoms with Crippen molar-refractivity contribution >= 4 is 40.0 Å². The van der Waals surface area contributed by atoms with Crippen LogP contribution in [-0.4, -0.2) is 20.5 Å². The van der Waals surface area contributed by atoms with E-state index in [4.69, 9.17) is 16.3 Å². The topological polar surface area (TPSA) is 67.9 Å². The van der Waals surface area contributed by atoms with E-state index in [0.717, 1.165) is 33.7 Å².